The fourth-order valence-corrected chi connectivity index (χ4v) is 1.44. The summed E-state index contributed by atoms with van der Waals surface area (Å²) in [5, 5.41) is 1.82. The number of rotatable bonds is 0. The van der Waals surface area contributed by atoms with Crippen LogP contribution >= 0.6 is 15.9 Å². The summed E-state index contributed by atoms with van der Waals surface area (Å²) in [6.45, 7) is 1.52. The first kappa shape index (κ1) is 11.7. The monoisotopic (exact) mass is 271 g/mol. The van der Waals surface area contributed by atoms with Gasteiger partial charge in [0, 0.05) is 0 Å². The molecular formula is C7H9BrF3N3. The molecule has 1 aliphatic heterocycles. The van der Waals surface area contributed by atoms with Gasteiger partial charge in [0.2, 0.25) is 0 Å². The van der Waals surface area contributed by atoms with E-state index in [1.807, 2.05) is 0 Å². The molecule has 2 atom stereocenters. The molecule has 1 aliphatic rings. The van der Waals surface area contributed by atoms with E-state index in [0.717, 1.165) is 6.08 Å². The van der Waals surface area contributed by atoms with E-state index >= 15 is 0 Å². The van der Waals surface area contributed by atoms with Crippen LogP contribution in [0.5, 0.6) is 0 Å². The van der Waals surface area contributed by atoms with Crippen LogP contribution in [0.4, 0.5) is 13.2 Å². The Balaban J connectivity index is 3.02. The number of nitrogens with zero attached hydrogens (tertiary/aromatic N) is 1. The molecule has 0 saturated heterocycles. The van der Waals surface area contributed by atoms with Gasteiger partial charge in [0.15, 0.2) is 5.08 Å². The van der Waals surface area contributed by atoms with E-state index in [-0.39, 0.29) is 0 Å². The van der Waals surface area contributed by atoms with Crippen molar-refractivity contribution in [3.8, 4) is 0 Å². The van der Waals surface area contributed by atoms with Gasteiger partial charge in [-0.1, -0.05) is 0 Å². The molecule has 3 N–H and O–H groups in total. The van der Waals surface area contributed by atoms with Gasteiger partial charge in [-0.15, -0.1) is 0 Å². The zero-order valence-electron chi connectivity index (χ0n) is 7.27. The van der Waals surface area contributed by atoms with Crippen LogP contribution in [0.1, 0.15) is 6.92 Å². The second-order valence-corrected chi connectivity index (χ2v) is 3.75. The number of nitrogens with two attached hydrogens (primary N) is 1. The zero-order chi connectivity index (χ0) is 10.9. The highest BCUT2D eigenvalue weighted by atomic mass is 79.9. The molecule has 0 aromatic rings. The van der Waals surface area contributed by atoms with E-state index in [4.69, 9.17) is 5.73 Å². The summed E-state index contributed by atoms with van der Waals surface area (Å²) in [7, 11) is 0. The van der Waals surface area contributed by atoms with E-state index in [2.05, 4.69) is 26.2 Å². The molecule has 80 valence electrons. The van der Waals surface area contributed by atoms with Crippen molar-refractivity contribution >= 4 is 21.6 Å². The second-order valence-electron chi connectivity index (χ2n) is 2.88. The minimum Gasteiger partial charge on any atom is -0.312 e. The molecule has 0 radical (unpaired) electrons. The van der Waals surface area contributed by atoms with Crippen LogP contribution < -0.4 is 11.1 Å². The third kappa shape index (κ3) is 2.79. The van der Waals surface area contributed by atoms with Crippen molar-refractivity contribution in [2.24, 2.45) is 10.7 Å². The topological polar surface area (TPSA) is 50.4 Å². The molecule has 0 amide bonds. The molecule has 3 nitrogen and oxygen atoms in total. The van der Waals surface area contributed by atoms with Crippen molar-refractivity contribution in [2.75, 3.05) is 0 Å². The normalized spacial score (nSPS) is 29.3. The van der Waals surface area contributed by atoms with Gasteiger partial charge < -0.3 is 5.73 Å². The Bertz CT molecular complexity index is 284. The Kier molecular flexibility index (Phi) is 3.33. The van der Waals surface area contributed by atoms with E-state index in [1.165, 1.54) is 6.92 Å². The maximum Gasteiger partial charge on any atom is 0.433 e. The van der Waals surface area contributed by atoms with Crippen molar-refractivity contribution in [1.29, 1.82) is 0 Å². The van der Waals surface area contributed by atoms with Crippen LogP contribution in [0.2, 0.25) is 0 Å². The molecule has 1 heterocycles. The number of nitrogens with one attached hydrogen (secondary N) is 1. The average molecular weight is 272 g/mol. The molecule has 2 unspecified atom stereocenters. The van der Waals surface area contributed by atoms with Crippen molar-refractivity contribution in [2.45, 2.75) is 24.3 Å². The summed E-state index contributed by atoms with van der Waals surface area (Å²) in [5.41, 5.74) is 4.98. The lowest BCUT2D eigenvalue weighted by Gasteiger charge is -2.13. The van der Waals surface area contributed by atoms with Gasteiger partial charge in [0.1, 0.15) is 5.71 Å². The Morgan fingerprint density at radius 1 is 1.57 bits per heavy atom. The largest absolute Gasteiger partial charge is 0.433 e. The number of halogens is 4. The molecule has 0 fully saturated rings. The molecule has 0 aromatic heterocycles. The maximum atomic E-state index is 12.3. The van der Waals surface area contributed by atoms with Crippen LogP contribution in [-0.4, -0.2) is 23.1 Å². The fraction of sp³-hybridized carbons (Fsp3) is 0.571. The quantitative estimate of drug-likeness (QED) is 0.518. The van der Waals surface area contributed by atoms with Crippen LogP contribution in [0.15, 0.2) is 16.6 Å². The smallest absolute Gasteiger partial charge is 0.312 e. The molecule has 14 heavy (non-hydrogen) atoms. The maximum absolute atomic E-state index is 12.3. The van der Waals surface area contributed by atoms with Crippen molar-refractivity contribution in [3.63, 3.8) is 0 Å². The Hall–Kier alpha value is -0.400. The molecule has 7 heteroatoms. The highest BCUT2D eigenvalue weighted by Crippen LogP contribution is 2.22. The summed E-state index contributed by atoms with van der Waals surface area (Å²) in [6, 6.07) is 0. The fourth-order valence-electron chi connectivity index (χ4n) is 0.937. The third-order valence-electron chi connectivity index (χ3n) is 1.71. The lowest BCUT2D eigenvalue weighted by atomic mass is 10.2. The first-order valence-corrected chi connectivity index (χ1v) is 4.71. The number of allylic oxidation sites excluding steroid dienone is 1. The van der Waals surface area contributed by atoms with E-state index < -0.39 is 23.1 Å². The summed E-state index contributed by atoms with van der Waals surface area (Å²) in [6.07, 6.45) is -4.12. The molecule has 0 saturated carbocycles. The number of aliphatic imine (C=N–C) groups is 1. The third-order valence-corrected chi connectivity index (χ3v) is 2.18. The van der Waals surface area contributed by atoms with Crippen LogP contribution in [0, 0.1) is 0 Å². The standard InChI is InChI=1S/C7H9BrF3N3/c1-3-2-4(7(9,10)11)13-6(8)14-5(3)12/h2,5-6,14H,12H2,1H3. The van der Waals surface area contributed by atoms with Gasteiger partial charge in [-0.25, -0.2) is 4.99 Å². The van der Waals surface area contributed by atoms with Crippen LogP contribution in [-0.2, 0) is 0 Å². The lowest BCUT2D eigenvalue weighted by molar-refractivity contribution is -0.0579. The summed E-state index contributed by atoms with van der Waals surface area (Å²) in [5.74, 6) is 0. The van der Waals surface area contributed by atoms with Gasteiger partial charge in [0.25, 0.3) is 0 Å². The SMILES string of the molecule is CC1=CC(C(F)(F)F)=NC(Br)NC1N. The molecule has 0 aromatic carbocycles. The van der Waals surface area contributed by atoms with Crippen molar-refractivity contribution in [3.05, 3.63) is 11.6 Å². The van der Waals surface area contributed by atoms with Crippen LogP contribution in [0.25, 0.3) is 0 Å². The summed E-state index contributed by atoms with van der Waals surface area (Å²) in [4.78, 5) is 3.39. The first-order chi connectivity index (χ1) is 6.30. The van der Waals surface area contributed by atoms with Crippen LogP contribution in [0.3, 0.4) is 0 Å². The summed E-state index contributed by atoms with van der Waals surface area (Å²) >= 11 is 2.93. The highest BCUT2D eigenvalue weighted by molar-refractivity contribution is 9.09. The molecule has 0 aliphatic carbocycles. The van der Waals surface area contributed by atoms with Gasteiger partial charge in [-0.3, -0.25) is 5.32 Å². The Labute approximate surface area is 87.4 Å². The zero-order valence-corrected chi connectivity index (χ0v) is 8.85. The second kappa shape index (κ2) is 4.00. The number of alkyl halides is 4. The van der Waals surface area contributed by atoms with Gasteiger partial charge >= 0.3 is 6.18 Å². The predicted octanol–water partition coefficient (Wildman–Crippen LogP) is 1.50. The van der Waals surface area contributed by atoms with Crippen molar-refractivity contribution in [1.82, 2.24) is 5.32 Å². The molecular weight excluding hydrogens is 263 g/mol. The van der Waals surface area contributed by atoms with E-state index in [1.54, 1.807) is 0 Å². The van der Waals surface area contributed by atoms with Gasteiger partial charge in [-0.2, -0.15) is 13.2 Å². The molecule has 1 rings (SSSR count). The van der Waals surface area contributed by atoms with Gasteiger partial charge in [-0.05, 0) is 34.5 Å². The highest BCUT2D eigenvalue weighted by Gasteiger charge is 2.36. The molecule has 0 bridgehead atoms. The minimum absolute atomic E-state index is 0.392. The first-order valence-electron chi connectivity index (χ1n) is 3.79. The van der Waals surface area contributed by atoms with Crippen molar-refractivity contribution < 1.29 is 13.2 Å². The van der Waals surface area contributed by atoms with E-state index in [9.17, 15) is 13.2 Å². The van der Waals surface area contributed by atoms with Gasteiger partial charge in [0.05, 0.1) is 6.17 Å². The number of hydrogen-bond donors (Lipinski definition) is 2. The predicted molar refractivity (Wildman–Crippen MR) is 51.1 cm³/mol. The Morgan fingerprint density at radius 3 is 2.64 bits per heavy atom. The van der Waals surface area contributed by atoms with E-state index in [0.29, 0.717) is 5.57 Å². The lowest BCUT2D eigenvalue weighted by Crippen LogP contribution is -2.40. The molecule has 0 spiro atoms. The average Bonchev–Trinajstić information content (AvgIpc) is 2.11. The minimum atomic E-state index is -4.45. The number of hydrogen-bond acceptors (Lipinski definition) is 3. The Morgan fingerprint density at radius 2 is 2.14 bits per heavy atom. The summed E-state index contributed by atoms with van der Waals surface area (Å²) < 4.78 is 37.0.